The van der Waals surface area contributed by atoms with Crippen molar-refractivity contribution in [1.82, 2.24) is 15.1 Å². The fraction of sp³-hybridized carbons (Fsp3) is 0.261. The molecule has 1 amide bonds. The van der Waals surface area contributed by atoms with Crippen LogP contribution in [0.4, 0.5) is 11.5 Å². The highest BCUT2D eigenvalue weighted by Crippen LogP contribution is 2.27. The van der Waals surface area contributed by atoms with E-state index in [-0.39, 0.29) is 12.0 Å². The van der Waals surface area contributed by atoms with E-state index in [0.717, 1.165) is 17.9 Å². The zero-order valence-electron chi connectivity index (χ0n) is 16.6. The van der Waals surface area contributed by atoms with Crippen molar-refractivity contribution < 1.29 is 9.53 Å². The summed E-state index contributed by atoms with van der Waals surface area (Å²) in [6, 6.07) is 19.4. The summed E-state index contributed by atoms with van der Waals surface area (Å²) in [5, 5.41) is 11.6. The number of nitrogens with one attached hydrogen (secondary N) is 1. The minimum Gasteiger partial charge on any atom is -0.489 e. The van der Waals surface area contributed by atoms with Crippen LogP contribution < -0.4 is 10.1 Å². The second kappa shape index (κ2) is 8.31. The molecule has 6 nitrogen and oxygen atoms in total. The van der Waals surface area contributed by atoms with Crippen molar-refractivity contribution in [1.29, 1.82) is 0 Å². The highest BCUT2D eigenvalue weighted by molar-refractivity contribution is 5.92. The Bertz CT molecular complexity index is 1000. The van der Waals surface area contributed by atoms with Crippen molar-refractivity contribution in [2.75, 3.05) is 11.9 Å². The zero-order chi connectivity index (χ0) is 20.2. The van der Waals surface area contributed by atoms with Crippen molar-refractivity contribution in [2.24, 2.45) is 0 Å². The van der Waals surface area contributed by atoms with E-state index in [4.69, 9.17) is 4.74 Å². The topological polar surface area (TPSA) is 67.3 Å². The van der Waals surface area contributed by atoms with Gasteiger partial charge in [-0.1, -0.05) is 36.4 Å². The second-order valence-electron chi connectivity index (χ2n) is 7.34. The van der Waals surface area contributed by atoms with Gasteiger partial charge in [-0.2, -0.15) is 0 Å². The van der Waals surface area contributed by atoms with Crippen molar-refractivity contribution in [2.45, 2.75) is 32.9 Å². The summed E-state index contributed by atoms with van der Waals surface area (Å²) in [5.74, 6) is 1.21. The Hall–Kier alpha value is -3.41. The molecule has 0 spiro atoms. The lowest BCUT2D eigenvalue weighted by atomic mass is 10.00. The van der Waals surface area contributed by atoms with E-state index >= 15 is 0 Å². The van der Waals surface area contributed by atoms with E-state index in [1.165, 1.54) is 11.1 Å². The maximum atomic E-state index is 12.8. The molecule has 6 heteroatoms. The summed E-state index contributed by atoms with van der Waals surface area (Å²) >= 11 is 0. The van der Waals surface area contributed by atoms with Gasteiger partial charge in [-0.05, 0) is 55.7 Å². The van der Waals surface area contributed by atoms with Gasteiger partial charge < -0.3 is 15.0 Å². The fourth-order valence-electron chi connectivity index (χ4n) is 3.41. The van der Waals surface area contributed by atoms with Gasteiger partial charge >= 0.3 is 0 Å². The number of para-hydroxylation sites is 2. The number of aromatic nitrogens is 2. The molecule has 0 radical (unpaired) electrons. The Morgan fingerprint density at radius 3 is 2.52 bits per heavy atom. The number of amides is 1. The molecular weight excluding hydrogens is 364 g/mol. The molecule has 0 aliphatic carbocycles. The molecule has 1 N–H and O–H groups in total. The smallest absolute Gasteiger partial charge is 0.274 e. The molecule has 148 valence electrons. The summed E-state index contributed by atoms with van der Waals surface area (Å²) in [5.41, 5.74) is 3.66. The van der Waals surface area contributed by atoms with Crippen molar-refractivity contribution in [3.63, 3.8) is 0 Å². The molecule has 0 saturated heterocycles. The third-order valence-electron chi connectivity index (χ3n) is 4.81. The number of ether oxygens (including phenoxy) is 1. The van der Waals surface area contributed by atoms with Gasteiger partial charge in [0.15, 0.2) is 11.5 Å². The van der Waals surface area contributed by atoms with Crippen molar-refractivity contribution in [3.05, 3.63) is 77.5 Å². The molecule has 0 atom stereocenters. The Labute approximate surface area is 170 Å². The number of carbonyl (C=O) groups is 1. The van der Waals surface area contributed by atoms with Crippen LogP contribution in [0.15, 0.2) is 60.7 Å². The van der Waals surface area contributed by atoms with Crippen molar-refractivity contribution in [3.8, 4) is 5.75 Å². The van der Waals surface area contributed by atoms with Crippen LogP contribution in [-0.2, 0) is 13.0 Å². The quantitative estimate of drug-likeness (QED) is 0.709. The van der Waals surface area contributed by atoms with Gasteiger partial charge in [-0.25, -0.2) is 0 Å². The third-order valence-corrected chi connectivity index (χ3v) is 4.81. The molecule has 0 saturated carbocycles. The van der Waals surface area contributed by atoms with Gasteiger partial charge in [0.2, 0.25) is 0 Å². The molecular formula is C23H24N4O2. The molecule has 1 aliphatic rings. The SMILES string of the molecule is CC(C)Oc1ccccc1Nc1ccc(C(=O)N2CCc3ccccc3C2)nn1. The van der Waals surface area contributed by atoms with Crippen LogP contribution in [0.5, 0.6) is 5.75 Å². The monoisotopic (exact) mass is 388 g/mol. The number of carbonyl (C=O) groups excluding carboxylic acids is 1. The van der Waals surface area contributed by atoms with E-state index in [2.05, 4.69) is 27.6 Å². The lowest BCUT2D eigenvalue weighted by molar-refractivity contribution is 0.0727. The highest BCUT2D eigenvalue weighted by Gasteiger charge is 2.22. The summed E-state index contributed by atoms with van der Waals surface area (Å²) in [6.07, 6.45) is 0.931. The van der Waals surface area contributed by atoms with Gasteiger partial charge in [0.25, 0.3) is 5.91 Å². The van der Waals surface area contributed by atoms with Crippen LogP contribution in [0.2, 0.25) is 0 Å². The summed E-state index contributed by atoms with van der Waals surface area (Å²) < 4.78 is 5.82. The molecule has 29 heavy (non-hydrogen) atoms. The van der Waals surface area contributed by atoms with E-state index in [1.54, 1.807) is 12.1 Å². The Kier molecular flexibility index (Phi) is 5.42. The summed E-state index contributed by atoms with van der Waals surface area (Å²) in [7, 11) is 0. The predicted octanol–water partition coefficient (Wildman–Crippen LogP) is 4.21. The Morgan fingerprint density at radius 2 is 1.76 bits per heavy atom. The van der Waals surface area contributed by atoms with Gasteiger partial charge in [0, 0.05) is 13.1 Å². The number of hydrogen-bond donors (Lipinski definition) is 1. The Balaban J connectivity index is 1.45. The molecule has 2 aromatic carbocycles. The molecule has 0 fully saturated rings. The molecule has 1 aliphatic heterocycles. The van der Waals surface area contributed by atoms with E-state index < -0.39 is 0 Å². The van der Waals surface area contributed by atoms with Gasteiger partial charge in [0.05, 0.1) is 11.8 Å². The molecule has 1 aromatic heterocycles. The van der Waals surface area contributed by atoms with E-state index in [1.807, 2.05) is 55.1 Å². The number of rotatable bonds is 5. The average molecular weight is 388 g/mol. The summed E-state index contributed by atoms with van der Waals surface area (Å²) in [6.45, 7) is 5.26. The van der Waals surface area contributed by atoms with E-state index in [9.17, 15) is 4.79 Å². The van der Waals surface area contributed by atoms with E-state index in [0.29, 0.717) is 24.6 Å². The van der Waals surface area contributed by atoms with Gasteiger partial charge in [-0.3, -0.25) is 4.79 Å². The second-order valence-corrected chi connectivity index (χ2v) is 7.34. The van der Waals surface area contributed by atoms with Crippen LogP contribution in [0.3, 0.4) is 0 Å². The van der Waals surface area contributed by atoms with Crippen LogP contribution in [0, 0.1) is 0 Å². The number of fused-ring (bicyclic) bond motifs is 1. The molecule has 0 bridgehead atoms. The Morgan fingerprint density at radius 1 is 1.00 bits per heavy atom. The first-order valence-electron chi connectivity index (χ1n) is 9.82. The number of anilines is 2. The standard InChI is InChI=1S/C23H24N4O2/c1-16(2)29-21-10-6-5-9-19(21)24-22-12-11-20(25-26-22)23(28)27-14-13-17-7-3-4-8-18(17)15-27/h3-12,16H,13-15H2,1-2H3,(H,24,26). The maximum absolute atomic E-state index is 12.8. The van der Waals surface area contributed by atoms with Crippen LogP contribution >= 0.6 is 0 Å². The minimum atomic E-state index is -0.0953. The fourth-order valence-corrected chi connectivity index (χ4v) is 3.41. The summed E-state index contributed by atoms with van der Waals surface area (Å²) in [4.78, 5) is 14.7. The largest absolute Gasteiger partial charge is 0.489 e. The average Bonchev–Trinajstić information content (AvgIpc) is 2.74. The first-order chi connectivity index (χ1) is 14.1. The lowest BCUT2D eigenvalue weighted by Crippen LogP contribution is -2.36. The third kappa shape index (κ3) is 4.37. The molecule has 4 rings (SSSR count). The molecule has 3 aromatic rings. The van der Waals surface area contributed by atoms with Crippen LogP contribution in [0.1, 0.15) is 35.5 Å². The molecule has 2 heterocycles. The normalized spacial score (nSPS) is 13.1. The minimum absolute atomic E-state index is 0.0682. The zero-order valence-corrected chi connectivity index (χ0v) is 16.6. The van der Waals surface area contributed by atoms with Crippen molar-refractivity contribution >= 4 is 17.4 Å². The lowest BCUT2D eigenvalue weighted by Gasteiger charge is -2.28. The van der Waals surface area contributed by atoms with Gasteiger partial charge in [-0.15, -0.1) is 10.2 Å². The van der Waals surface area contributed by atoms with Gasteiger partial charge in [0.1, 0.15) is 5.75 Å². The van der Waals surface area contributed by atoms with Crippen LogP contribution in [-0.4, -0.2) is 33.7 Å². The maximum Gasteiger partial charge on any atom is 0.274 e. The highest BCUT2D eigenvalue weighted by atomic mass is 16.5. The number of benzene rings is 2. The first kappa shape index (κ1) is 18.9. The number of nitrogens with zero attached hydrogens (tertiary/aromatic N) is 3. The van der Waals surface area contributed by atoms with Crippen LogP contribution in [0.25, 0.3) is 0 Å². The first-order valence-corrected chi connectivity index (χ1v) is 9.82. The predicted molar refractivity (Wildman–Crippen MR) is 112 cm³/mol. The number of hydrogen-bond acceptors (Lipinski definition) is 5. The molecule has 0 unspecified atom stereocenters.